The zero-order valence-corrected chi connectivity index (χ0v) is 12.2. The number of thioether (sulfide) groups is 2. The summed E-state index contributed by atoms with van der Waals surface area (Å²) in [6, 6.07) is 2.47. The average Bonchev–Trinajstić information content (AvgIpc) is 2.68. The molecule has 6 heteroatoms. The molecule has 0 aromatic carbocycles. The van der Waals surface area contributed by atoms with E-state index in [1.165, 1.54) is 19.3 Å². The second-order valence-corrected chi connectivity index (χ2v) is 7.59. The molecule has 1 aromatic heterocycles. The molecule has 0 saturated heterocycles. The normalized spacial score (nSPS) is 25.2. The van der Waals surface area contributed by atoms with Gasteiger partial charge < -0.3 is 0 Å². The van der Waals surface area contributed by atoms with Gasteiger partial charge in [0, 0.05) is 5.25 Å². The summed E-state index contributed by atoms with van der Waals surface area (Å²) in [5, 5.41) is 17.9. The Bertz CT molecular complexity index is 399. The van der Waals surface area contributed by atoms with Crippen LogP contribution in [0.4, 0.5) is 0 Å². The van der Waals surface area contributed by atoms with Crippen molar-refractivity contribution >= 4 is 34.9 Å². The molecule has 0 spiro atoms. The van der Waals surface area contributed by atoms with E-state index in [0.29, 0.717) is 5.25 Å². The van der Waals surface area contributed by atoms with E-state index in [2.05, 4.69) is 16.3 Å². The van der Waals surface area contributed by atoms with Crippen molar-refractivity contribution in [3.63, 3.8) is 0 Å². The Labute approximate surface area is 114 Å². The van der Waals surface area contributed by atoms with Crippen LogP contribution >= 0.6 is 34.9 Å². The van der Waals surface area contributed by atoms with Crippen molar-refractivity contribution < 1.29 is 0 Å². The van der Waals surface area contributed by atoms with E-state index in [-0.39, 0.29) is 5.92 Å². The first-order chi connectivity index (χ1) is 8.33. The number of nitrogens with zero attached hydrogens (tertiary/aromatic N) is 3. The lowest BCUT2D eigenvalue weighted by Crippen LogP contribution is -2.13. The molecule has 2 atom stereocenters. The Hall–Kier alpha value is -0.250. The molecule has 17 heavy (non-hydrogen) atoms. The number of rotatable bonds is 3. The lowest BCUT2D eigenvalue weighted by Gasteiger charge is -2.16. The van der Waals surface area contributed by atoms with Crippen LogP contribution in [-0.2, 0) is 0 Å². The van der Waals surface area contributed by atoms with Crippen molar-refractivity contribution in [2.45, 2.75) is 46.0 Å². The van der Waals surface area contributed by atoms with Gasteiger partial charge in [0.15, 0.2) is 8.68 Å². The van der Waals surface area contributed by atoms with E-state index in [4.69, 9.17) is 0 Å². The second kappa shape index (κ2) is 6.62. The molecular formula is C11H15N3S3. The monoisotopic (exact) mass is 285 g/mol. The SMILES string of the molecule is CSc1nnc(SC2CCCCCC2C#N)s1. The van der Waals surface area contributed by atoms with Crippen LogP contribution in [-0.4, -0.2) is 21.7 Å². The predicted octanol–water partition coefficient (Wildman–Crippen LogP) is 3.82. The molecular weight excluding hydrogens is 270 g/mol. The van der Waals surface area contributed by atoms with Crippen LogP contribution in [0.2, 0.25) is 0 Å². The molecule has 1 fully saturated rings. The standard InChI is InChI=1S/C11H15N3S3/c1-15-10-13-14-11(17-10)16-9-6-4-2-3-5-8(9)7-12/h8-9H,2-6H2,1H3. The summed E-state index contributed by atoms with van der Waals surface area (Å²) in [6.45, 7) is 0. The number of hydrogen-bond acceptors (Lipinski definition) is 6. The molecule has 1 aliphatic carbocycles. The Morgan fingerprint density at radius 1 is 1.24 bits per heavy atom. The van der Waals surface area contributed by atoms with Gasteiger partial charge in [0.1, 0.15) is 0 Å². The van der Waals surface area contributed by atoms with Gasteiger partial charge >= 0.3 is 0 Å². The minimum Gasteiger partial charge on any atom is -0.198 e. The maximum absolute atomic E-state index is 9.22. The van der Waals surface area contributed by atoms with Crippen LogP contribution in [0, 0.1) is 17.2 Å². The summed E-state index contributed by atoms with van der Waals surface area (Å²) in [7, 11) is 0. The highest BCUT2D eigenvalue weighted by molar-refractivity contribution is 8.03. The minimum atomic E-state index is 0.184. The molecule has 92 valence electrons. The van der Waals surface area contributed by atoms with Crippen LogP contribution in [0.1, 0.15) is 32.1 Å². The van der Waals surface area contributed by atoms with Gasteiger partial charge in [0.25, 0.3) is 0 Å². The van der Waals surface area contributed by atoms with E-state index in [1.807, 2.05) is 6.26 Å². The third-order valence-corrected chi connectivity index (χ3v) is 6.32. The topological polar surface area (TPSA) is 49.6 Å². The first-order valence-electron chi connectivity index (χ1n) is 5.77. The van der Waals surface area contributed by atoms with Gasteiger partial charge in [-0.15, -0.1) is 10.2 Å². The molecule has 1 aromatic rings. The fraction of sp³-hybridized carbons (Fsp3) is 0.727. The number of aromatic nitrogens is 2. The Morgan fingerprint density at radius 2 is 2.00 bits per heavy atom. The summed E-state index contributed by atoms with van der Waals surface area (Å²) in [5.74, 6) is 0.184. The molecule has 1 aliphatic rings. The highest BCUT2D eigenvalue weighted by Gasteiger charge is 2.25. The Morgan fingerprint density at radius 3 is 2.71 bits per heavy atom. The van der Waals surface area contributed by atoms with E-state index in [1.54, 1.807) is 34.9 Å². The van der Waals surface area contributed by atoms with Gasteiger partial charge in [-0.2, -0.15) is 5.26 Å². The zero-order valence-electron chi connectivity index (χ0n) is 9.76. The fourth-order valence-electron chi connectivity index (χ4n) is 2.02. The lowest BCUT2D eigenvalue weighted by molar-refractivity contribution is 0.585. The largest absolute Gasteiger partial charge is 0.198 e. The molecule has 0 N–H and O–H groups in total. The Kier molecular flexibility index (Phi) is 5.14. The summed E-state index contributed by atoms with van der Waals surface area (Å²) >= 11 is 5.02. The molecule has 2 rings (SSSR count). The molecule has 0 amide bonds. The van der Waals surface area contributed by atoms with E-state index < -0.39 is 0 Å². The van der Waals surface area contributed by atoms with Gasteiger partial charge in [-0.1, -0.05) is 54.1 Å². The van der Waals surface area contributed by atoms with Crippen molar-refractivity contribution in [2.75, 3.05) is 6.26 Å². The summed E-state index contributed by atoms with van der Waals surface area (Å²) < 4.78 is 2.02. The van der Waals surface area contributed by atoms with Gasteiger partial charge in [0.05, 0.1) is 12.0 Å². The molecule has 0 bridgehead atoms. The maximum Gasteiger partial charge on any atom is 0.175 e. The van der Waals surface area contributed by atoms with Crippen LogP contribution in [0.25, 0.3) is 0 Å². The van der Waals surface area contributed by atoms with Crippen LogP contribution in [0.15, 0.2) is 8.68 Å². The molecule has 0 radical (unpaired) electrons. The summed E-state index contributed by atoms with van der Waals surface area (Å²) in [4.78, 5) is 0. The van der Waals surface area contributed by atoms with Crippen molar-refractivity contribution in [3.05, 3.63) is 0 Å². The van der Waals surface area contributed by atoms with Crippen LogP contribution in [0.3, 0.4) is 0 Å². The zero-order chi connectivity index (χ0) is 12.1. The maximum atomic E-state index is 9.22. The van der Waals surface area contributed by atoms with Gasteiger partial charge in [-0.05, 0) is 19.1 Å². The average molecular weight is 285 g/mol. The minimum absolute atomic E-state index is 0.184. The molecule has 1 saturated carbocycles. The summed E-state index contributed by atoms with van der Waals surface area (Å²) in [5.41, 5.74) is 0. The van der Waals surface area contributed by atoms with Gasteiger partial charge in [-0.3, -0.25) is 0 Å². The predicted molar refractivity (Wildman–Crippen MR) is 73.5 cm³/mol. The number of nitriles is 1. The van der Waals surface area contributed by atoms with Crippen molar-refractivity contribution in [2.24, 2.45) is 5.92 Å². The van der Waals surface area contributed by atoms with Gasteiger partial charge in [0.2, 0.25) is 0 Å². The first-order valence-corrected chi connectivity index (χ1v) is 8.69. The molecule has 3 nitrogen and oxygen atoms in total. The quantitative estimate of drug-likeness (QED) is 0.624. The van der Waals surface area contributed by atoms with E-state index in [9.17, 15) is 5.26 Å². The van der Waals surface area contributed by atoms with Crippen molar-refractivity contribution in [3.8, 4) is 6.07 Å². The molecule has 1 heterocycles. The Balaban J connectivity index is 2.02. The van der Waals surface area contributed by atoms with Crippen molar-refractivity contribution in [1.29, 1.82) is 5.26 Å². The first kappa shape index (κ1) is 13.2. The van der Waals surface area contributed by atoms with Crippen LogP contribution < -0.4 is 0 Å². The third-order valence-electron chi connectivity index (χ3n) is 2.93. The lowest BCUT2D eigenvalue weighted by atomic mass is 10.0. The van der Waals surface area contributed by atoms with Gasteiger partial charge in [-0.25, -0.2) is 0 Å². The third kappa shape index (κ3) is 3.60. The second-order valence-electron chi connectivity index (χ2n) is 4.07. The van der Waals surface area contributed by atoms with Crippen molar-refractivity contribution in [1.82, 2.24) is 10.2 Å². The highest BCUT2D eigenvalue weighted by Crippen LogP contribution is 2.38. The van der Waals surface area contributed by atoms with E-state index >= 15 is 0 Å². The highest BCUT2D eigenvalue weighted by atomic mass is 32.2. The molecule has 0 aliphatic heterocycles. The number of hydrogen-bond donors (Lipinski definition) is 0. The summed E-state index contributed by atoms with van der Waals surface area (Å²) in [6.07, 6.45) is 7.89. The molecule has 2 unspecified atom stereocenters. The smallest absolute Gasteiger partial charge is 0.175 e. The van der Waals surface area contributed by atoms with E-state index in [0.717, 1.165) is 21.5 Å². The van der Waals surface area contributed by atoms with Crippen LogP contribution in [0.5, 0.6) is 0 Å². The fourth-order valence-corrected chi connectivity index (χ4v) is 4.98.